The van der Waals surface area contributed by atoms with Crippen molar-refractivity contribution in [2.24, 2.45) is 0 Å². The van der Waals surface area contributed by atoms with Crippen molar-refractivity contribution in [1.82, 2.24) is 0 Å². The van der Waals surface area contributed by atoms with Gasteiger partial charge < -0.3 is 4.89 Å². The van der Waals surface area contributed by atoms with Gasteiger partial charge in [-0.15, -0.1) is 0 Å². The summed E-state index contributed by atoms with van der Waals surface area (Å²) in [6.45, 7) is -3.92. The number of nitrogens with zero attached hydrogens (tertiary/aromatic N) is 1. The molecule has 10 heteroatoms. The lowest BCUT2D eigenvalue weighted by Crippen LogP contribution is -2.33. The van der Waals surface area contributed by atoms with Crippen molar-refractivity contribution >= 4 is 21.5 Å². The molecule has 0 saturated carbocycles. The normalized spacial score (nSPS) is 15.9. The standard InChI is InChI=1S/C14H16NO7PS/c1-2-22-23(18,19)24(20,21,13-6-4-3-5-7-13)14-10-8-12(9-11-14)15(16)17/h3-11H,2H2,1H3,(H,18,19)(H,20,21). The van der Waals surface area contributed by atoms with Crippen LogP contribution in [-0.4, -0.2) is 25.2 Å². The van der Waals surface area contributed by atoms with Crippen molar-refractivity contribution in [1.29, 1.82) is 0 Å². The van der Waals surface area contributed by atoms with Crippen molar-refractivity contribution in [3.8, 4) is 0 Å². The lowest BCUT2D eigenvalue weighted by atomic mass is 10.3. The third-order valence-corrected chi connectivity index (χ3v) is 11.2. The van der Waals surface area contributed by atoms with Crippen LogP contribution in [0.4, 0.5) is 5.69 Å². The molecule has 0 spiro atoms. The van der Waals surface area contributed by atoms with E-state index in [0.29, 0.717) is 0 Å². The number of nitro benzene ring substituents is 1. The third kappa shape index (κ3) is 2.70. The topological polar surface area (TPSA) is 127 Å². The molecule has 0 radical (unpaired) electrons. The molecule has 0 amide bonds. The van der Waals surface area contributed by atoms with E-state index >= 15 is 0 Å². The number of non-ortho nitro benzene ring substituents is 1. The Labute approximate surface area is 137 Å². The fourth-order valence-electron chi connectivity index (χ4n) is 2.14. The first-order valence-electron chi connectivity index (χ1n) is 6.82. The van der Waals surface area contributed by atoms with Crippen molar-refractivity contribution in [3.05, 3.63) is 64.7 Å². The highest BCUT2D eigenvalue weighted by Gasteiger charge is 2.51. The van der Waals surface area contributed by atoms with Gasteiger partial charge in [-0.1, -0.05) is 27.2 Å². The molecule has 24 heavy (non-hydrogen) atoms. The van der Waals surface area contributed by atoms with Gasteiger partial charge in [0.1, 0.15) is 0 Å². The van der Waals surface area contributed by atoms with Crippen LogP contribution in [0.3, 0.4) is 0 Å². The Bertz CT molecular complexity index is 868. The quantitative estimate of drug-likeness (QED) is 0.451. The van der Waals surface area contributed by atoms with E-state index in [4.69, 9.17) is 4.52 Å². The maximum Gasteiger partial charge on any atom is 0.447 e. The first kappa shape index (κ1) is 18.4. The van der Waals surface area contributed by atoms with Gasteiger partial charge in [-0.05, 0) is 31.2 Å². The van der Waals surface area contributed by atoms with E-state index in [2.05, 4.69) is 0 Å². The molecule has 0 aromatic heterocycles. The molecule has 0 aliphatic carbocycles. The van der Waals surface area contributed by atoms with Gasteiger partial charge in [0.25, 0.3) is 5.69 Å². The van der Waals surface area contributed by atoms with Gasteiger partial charge in [-0.3, -0.25) is 19.2 Å². The van der Waals surface area contributed by atoms with Crippen molar-refractivity contribution in [2.45, 2.75) is 16.7 Å². The summed E-state index contributed by atoms with van der Waals surface area (Å²) < 4.78 is 42.1. The molecule has 0 aliphatic heterocycles. The fraction of sp³-hybridized carbons (Fsp3) is 0.143. The first-order valence-corrected chi connectivity index (χ1v) is 10.9. The minimum Gasteiger partial charge on any atom is -0.309 e. The number of hydrogen-bond donors (Lipinski definition) is 2. The monoisotopic (exact) mass is 373 g/mol. The van der Waals surface area contributed by atoms with Gasteiger partial charge in [0, 0.05) is 12.1 Å². The lowest BCUT2D eigenvalue weighted by Gasteiger charge is -2.44. The Morgan fingerprint density at radius 2 is 1.62 bits per heavy atom. The van der Waals surface area contributed by atoms with Crippen LogP contribution in [0.25, 0.3) is 0 Å². The highest BCUT2D eigenvalue weighted by Crippen LogP contribution is 2.70. The third-order valence-electron chi connectivity index (χ3n) is 3.36. The molecule has 0 bridgehead atoms. The summed E-state index contributed by atoms with van der Waals surface area (Å²) >= 11 is 0. The minimum absolute atomic E-state index is 0.261. The summed E-state index contributed by atoms with van der Waals surface area (Å²) in [5.41, 5.74) is -0.314. The number of hydrogen-bond acceptors (Lipinski definition) is 5. The van der Waals surface area contributed by atoms with E-state index in [-0.39, 0.29) is 17.2 Å². The molecule has 0 saturated heterocycles. The average Bonchev–Trinajstić information content (AvgIpc) is 2.55. The SMILES string of the molecule is CCOP(=O)(O)S(=O)(O)(c1ccccc1)c1ccc([N+](=O)[O-])cc1. The number of nitro groups is 1. The zero-order valence-corrected chi connectivity index (χ0v) is 14.4. The van der Waals surface area contributed by atoms with Gasteiger partial charge in [-0.25, -0.2) is 4.57 Å². The largest absolute Gasteiger partial charge is 0.447 e. The molecule has 2 aromatic carbocycles. The zero-order valence-electron chi connectivity index (χ0n) is 12.6. The summed E-state index contributed by atoms with van der Waals surface area (Å²) in [6, 6.07) is 10.9. The Morgan fingerprint density at radius 1 is 1.12 bits per heavy atom. The molecule has 2 aromatic rings. The smallest absolute Gasteiger partial charge is 0.309 e. The van der Waals surface area contributed by atoms with E-state index in [1.165, 1.54) is 31.2 Å². The van der Waals surface area contributed by atoms with Crippen LogP contribution < -0.4 is 0 Å². The summed E-state index contributed by atoms with van der Waals surface area (Å²) in [4.78, 5) is 19.6. The van der Waals surface area contributed by atoms with Gasteiger partial charge in [0.2, 0.25) is 0 Å². The molecule has 0 fully saturated rings. The van der Waals surface area contributed by atoms with Gasteiger partial charge in [0.15, 0.2) is 0 Å². The highest BCUT2D eigenvalue weighted by molar-refractivity contribution is 8.63. The first-order chi connectivity index (χ1) is 11.1. The van der Waals surface area contributed by atoms with E-state index < -0.39 is 25.6 Å². The molecule has 2 rings (SSSR count). The summed E-state index contributed by atoms with van der Waals surface area (Å²) in [7, 11) is -5.58. The van der Waals surface area contributed by atoms with E-state index in [9.17, 15) is 28.3 Å². The lowest BCUT2D eigenvalue weighted by molar-refractivity contribution is -0.384. The van der Waals surface area contributed by atoms with Gasteiger partial charge >= 0.3 is 6.80 Å². The Kier molecular flexibility index (Phi) is 4.76. The van der Waals surface area contributed by atoms with Gasteiger partial charge in [0.05, 0.1) is 21.3 Å². The molecule has 1 unspecified atom stereocenters. The second-order valence-corrected chi connectivity index (χ2v) is 12.1. The Hall–Kier alpha value is -1.90. The maximum absolute atomic E-state index is 13.6. The molecule has 0 aliphatic rings. The number of rotatable bonds is 6. The van der Waals surface area contributed by atoms with Crippen LogP contribution in [0.15, 0.2) is 64.4 Å². The summed E-state index contributed by atoms with van der Waals surface area (Å²) in [6.07, 6.45) is 0. The van der Waals surface area contributed by atoms with Crippen molar-refractivity contribution in [2.75, 3.05) is 6.61 Å². The summed E-state index contributed by atoms with van der Waals surface area (Å²) in [5, 5.41) is 10.8. The summed E-state index contributed by atoms with van der Waals surface area (Å²) in [5.74, 6) is 0. The van der Waals surface area contributed by atoms with Crippen LogP contribution in [0.2, 0.25) is 0 Å². The molecule has 8 nitrogen and oxygen atoms in total. The Balaban J connectivity index is 2.80. The highest BCUT2D eigenvalue weighted by atomic mass is 32.8. The van der Waals surface area contributed by atoms with Crippen LogP contribution in [0.5, 0.6) is 0 Å². The molecule has 1 atom stereocenters. The van der Waals surface area contributed by atoms with Crippen LogP contribution in [0.1, 0.15) is 6.92 Å². The molecular formula is C14H16NO7PS. The van der Waals surface area contributed by atoms with Crippen molar-refractivity contribution in [3.63, 3.8) is 0 Å². The number of benzene rings is 2. The molecule has 130 valence electrons. The van der Waals surface area contributed by atoms with E-state index in [1.54, 1.807) is 6.07 Å². The molecule has 0 heterocycles. The maximum atomic E-state index is 13.6. The van der Waals surface area contributed by atoms with Gasteiger partial charge in [-0.2, -0.15) is 4.21 Å². The molecule has 2 N–H and O–H groups in total. The average molecular weight is 373 g/mol. The second kappa shape index (κ2) is 6.19. The van der Waals surface area contributed by atoms with Crippen LogP contribution in [-0.2, 0) is 18.1 Å². The predicted octanol–water partition coefficient (Wildman–Crippen LogP) is 3.44. The van der Waals surface area contributed by atoms with E-state index in [0.717, 1.165) is 24.3 Å². The second-order valence-electron chi connectivity index (χ2n) is 4.81. The molecular weight excluding hydrogens is 357 g/mol. The zero-order chi connectivity index (χ0) is 18.0. The Morgan fingerprint density at radius 3 is 2.08 bits per heavy atom. The fourth-order valence-corrected chi connectivity index (χ4v) is 7.98. The van der Waals surface area contributed by atoms with Crippen LogP contribution >= 0.6 is 6.80 Å². The van der Waals surface area contributed by atoms with Crippen molar-refractivity contribution < 1.29 is 27.7 Å². The van der Waals surface area contributed by atoms with E-state index in [1.807, 2.05) is 0 Å². The predicted molar refractivity (Wildman–Crippen MR) is 88.3 cm³/mol. The van der Waals surface area contributed by atoms with Crippen LogP contribution in [0, 0.1) is 10.1 Å². The minimum atomic E-state index is -5.58.